The zero-order valence-corrected chi connectivity index (χ0v) is 63.6. The summed E-state index contributed by atoms with van der Waals surface area (Å²) in [7, 11) is 6.26. The van der Waals surface area contributed by atoms with Gasteiger partial charge in [-0.15, -0.1) is 12.4 Å². The van der Waals surface area contributed by atoms with Crippen LogP contribution in [0.4, 0.5) is 10.6 Å². The number of nitrogens with zero attached hydrogens (tertiary/aromatic N) is 6. The van der Waals surface area contributed by atoms with Crippen molar-refractivity contribution in [2.24, 2.45) is 22.0 Å². The molecule has 0 spiro atoms. The number of carboxylic acid groups (broad SMARTS) is 1. The number of nitrogen functional groups attached to an aromatic ring is 1. The number of halogens is 2. The number of alkyl carbamates (subject to hydrolysis) is 1. The Bertz CT molecular complexity index is 3350. The third kappa shape index (κ3) is 31.0. The van der Waals surface area contributed by atoms with Crippen molar-refractivity contribution in [2.45, 2.75) is 207 Å². The number of aliphatic carboxylic acids is 1. The van der Waals surface area contributed by atoms with Crippen LogP contribution in [-0.2, 0) is 68.5 Å². The normalized spacial score (nSPS) is 15.9. The number of hydrogen-bond donors (Lipinski definition) is 5. The summed E-state index contributed by atoms with van der Waals surface area (Å²) < 4.78 is 20.8. The fourth-order valence-electron chi connectivity index (χ4n) is 8.86. The molecule has 0 aliphatic heterocycles. The number of carbonyl (C=O) groups is 8. The number of ketones is 1. The summed E-state index contributed by atoms with van der Waals surface area (Å²) >= 11 is 0. The molecule has 534 valence electrons. The van der Waals surface area contributed by atoms with Crippen LogP contribution in [0.25, 0.3) is 22.1 Å². The van der Waals surface area contributed by atoms with Crippen LogP contribution in [0.15, 0.2) is 79.3 Å². The van der Waals surface area contributed by atoms with Gasteiger partial charge in [0, 0.05) is 48.9 Å². The molecule has 0 aromatic carbocycles. The number of amides is 2. The van der Waals surface area contributed by atoms with E-state index in [0.29, 0.717) is 30.3 Å². The monoisotopic (exact) mass is 1450 g/mol. The second-order valence-electron chi connectivity index (χ2n) is 27.8. The van der Waals surface area contributed by atoms with Crippen molar-refractivity contribution in [1.29, 1.82) is 0 Å². The first kappa shape index (κ1) is 90.4. The number of nitrogens with one attached hydrogen (secondary N) is 2. The molecule has 5 aliphatic rings. The van der Waals surface area contributed by atoms with Gasteiger partial charge < -0.3 is 70.1 Å². The first-order chi connectivity index (χ1) is 43.1. The number of carbonyl (C=O) groups excluding carboxylic acids is 7. The van der Waals surface area contributed by atoms with E-state index in [1.54, 1.807) is 79.6 Å². The van der Waals surface area contributed by atoms with Crippen LogP contribution < -0.4 is 39.2 Å². The third-order valence-corrected chi connectivity index (χ3v) is 14.9. The Balaban J connectivity index is 0.00000113. The molecule has 0 atom stereocenters. The van der Waals surface area contributed by atoms with Crippen molar-refractivity contribution in [3.05, 3.63) is 104 Å². The quantitative estimate of drug-likeness (QED) is 0.0168. The summed E-state index contributed by atoms with van der Waals surface area (Å²) in [6.45, 7) is 23.3. The minimum atomic E-state index is -0.886. The molecule has 5 aromatic rings. The van der Waals surface area contributed by atoms with E-state index in [0.717, 1.165) is 79.2 Å². The van der Waals surface area contributed by atoms with E-state index in [1.165, 1.54) is 12.2 Å². The zero-order valence-electron chi connectivity index (χ0n) is 59.8. The number of aldehydes is 1. The number of carboxylic acids is 1. The summed E-state index contributed by atoms with van der Waals surface area (Å²) in [6, 6.07) is 19.1. The summed E-state index contributed by atoms with van der Waals surface area (Å²) in [4.78, 5) is 121. The second kappa shape index (κ2) is 38.1. The molecule has 5 heterocycles. The number of Topliss-reactive ketones (excluding diaryl/α,β-unsaturated/α-hetero) is 1. The van der Waals surface area contributed by atoms with Gasteiger partial charge in [0.25, 0.3) is 5.91 Å². The molecule has 10 rings (SSSR count). The van der Waals surface area contributed by atoms with Gasteiger partial charge in [0.1, 0.15) is 34.0 Å². The van der Waals surface area contributed by atoms with Gasteiger partial charge in [-0.1, -0.05) is 0 Å². The molecule has 5 aliphatic carbocycles. The van der Waals surface area contributed by atoms with E-state index in [-0.39, 0.29) is 120 Å². The Hall–Kier alpha value is -6.59. The molecule has 5 saturated carbocycles. The van der Waals surface area contributed by atoms with Gasteiger partial charge in [0.2, 0.25) is 0 Å². The van der Waals surface area contributed by atoms with Crippen LogP contribution in [-0.4, -0.2) is 157 Å². The van der Waals surface area contributed by atoms with Gasteiger partial charge in [-0.05, 0) is 215 Å². The molecule has 28 heteroatoms. The van der Waals surface area contributed by atoms with E-state index in [1.807, 2.05) is 111 Å². The van der Waals surface area contributed by atoms with E-state index in [2.05, 4.69) is 40.6 Å². The van der Waals surface area contributed by atoms with Gasteiger partial charge in [-0.25, -0.2) is 40.3 Å². The summed E-state index contributed by atoms with van der Waals surface area (Å²) in [5.74, 6) is -1.64. The van der Waals surface area contributed by atoms with Crippen molar-refractivity contribution in [2.75, 3.05) is 34.0 Å². The summed E-state index contributed by atoms with van der Waals surface area (Å²) in [5, 5.41) is 15.0. The predicted octanol–water partition coefficient (Wildman–Crippen LogP) is 7.65. The van der Waals surface area contributed by atoms with Crippen molar-refractivity contribution >= 4 is 111 Å². The molecule has 97 heavy (non-hydrogen) atoms. The molecule has 5 fully saturated rings. The van der Waals surface area contributed by atoms with Crippen LogP contribution in [0.2, 0.25) is 0 Å². The molecule has 5 aromatic heterocycles. The molecular weight excluding hydrogens is 1350 g/mol. The average molecular weight is 1450 g/mol. The maximum atomic E-state index is 12.0. The SMILES string of the molecule is CC(=O)C1(CC(=O)OC(C)(C)C)CC1.CC(C)(C)OC(=O)CC1(C(=O)O)CC1.CC(C)(C)OC(=O)NC1(c2ccc3cccnc3n2)CC1.CNOC.CON(C)C(=O)C1(CC(=O)OC(C)(C)C)CC1.Cl.NC1(c2ccc3cccnc3n2)CC1.Nc1ncccc1C=O.[Br-].[CH3-].[Mg+2]. The van der Waals surface area contributed by atoms with Crippen molar-refractivity contribution in [3.8, 4) is 0 Å². The minimum Gasteiger partial charge on any atom is -1.00 e. The number of ether oxygens (including phenoxy) is 4. The number of aromatic nitrogens is 5. The Morgan fingerprint density at radius 1 is 0.598 bits per heavy atom. The summed E-state index contributed by atoms with van der Waals surface area (Å²) in [6.07, 6.45) is 13.8. The number of fused-ring (bicyclic) bond motifs is 2. The fraction of sp³-hybridized carbons (Fsp3) is 0.565. The fourth-order valence-corrected chi connectivity index (χ4v) is 8.86. The Morgan fingerprint density at radius 2 is 0.979 bits per heavy atom. The maximum absolute atomic E-state index is 12.0. The van der Waals surface area contributed by atoms with Crippen LogP contribution in [0.3, 0.4) is 0 Å². The minimum absolute atomic E-state index is 0. The van der Waals surface area contributed by atoms with Gasteiger partial charge >= 0.3 is 53.0 Å². The topological polar surface area (TPSA) is 356 Å². The van der Waals surface area contributed by atoms with Crippen LogP contribution in [0, 0.1) is 23.7 Å². The van der Waals surface area contributed by atoms with Crippen molar-refractivity contribution in [3.63, 3.8) is 0 Å². The van der Waals surface area contributed by atoms with E-state index in [9.17, 15) is 38.4 Å². The van der Waals surface area contributed by atoms with E-state index in [4.69, 9.17) is 40.4 Å². The van der Waals surface area contributed by atoms with Crippen LogP contribution in [0.5, 0.6) is 0 Å². The number of pyridine rings is 5. The van der Waals surface area contributed by atoms with Crippen molar-refractivity contribution in [1.82, 2.24) is 40.8 Å². The molecule has 0 unspecified atom stereocenters. The number of hydrogen-bond acceptors (Lipinski definition) is 22. The van der Waals surface area contributed by atoms with Gasteiger partial charge in [0.15, 0.2) is 17.6 Å². The van der Waals surface area contributed by atoms with E-state index >= 15 is 0 Å². The number of rotatable bonds is 15. The van der Waals surface area contributed by atoms with Crippen LogP contribution in [0.1, 0.15) is 195 Å². The van der Waals surface area contributed by atoms with Gasteiger partial charge in [-0.2, -0.15) is 0 Å². The first-order valence-corrected chi connectivity index (χ1v) is 30.9. The van der Waals surface area contributed by atoms with Crippen LogP contribution >= 0.6 is 12.4 Å². The Kier molecular flexibility index (Phi) is 35.5. The molecule has 2 amide bonds. The Labute approximate surface area is 604 Å². The number of hydroxylamine groups is 3. The number of esters is 3. The molecule has 25 nitrogen and oxygen atoms in total. The second-order valence-corrected chi connectivity index (χ2v) is 27.8. The Morgan fingerprint density at radius 3 is 1.31 bits per heavy atom. The molecule has 0 radical (unpaired) electrons. The smallest absolute Gasteiger partial charge is 1.00 e. The molecule has 7 N–H and O–H groups in total. The molecular formula is C69H102BrClMgN10O15. The van der Waals surface area contributed by atoms with E-state index < -0.39 is 56.8 Å². The van der Waals surface area contributed by atoms with Gasteiger partial charge in [-0.3, -0.25) is 38.4 Å². The third-order valence-electron chi connectivity index (χ3n) is 14.9. The van der Waals surface area contributed by atoms with Crippen molar-refractivity contribution < 1.29 is 89.1 Å². The number of nitrogens with two attached hydrogens (primary N) is 2. The standard InChI is InChI=1S/C16H19N3O2.C12H21NO4.C11H11N3.C11H18O3.C10H16O4.C6H6N2O.C2H7NO.CH3.BrH.ClH.Mg/c1-15(2,3)21-14(20)19-16(8-9-16)12-7-6-11-5-4-10-17-13(11)18-12;1-11(2,3)17-9(14)8-12(6-7-12)10(15)13(4)16-5;12-11(5-6-11)9-4-3-8-2-1-7-13-10(8)14-9;1-8(12)11(5-6-11)7-9(13)14-10(2,3)4;1-9(2,3)14-7(11)6-10(4-5-10)8(12)13;7-6-5(4-9)2-1-3-8-6;1-3-4-2;;;;/h4-7,10H,8-9H2,1-3H3,(H,19,20);6-8H2,1-5H3;1-4,7H,5-6,12H2;5-7H2,1-4H3;4-6H2,1-3H3,(H,12,13);1-4H,(H2,7,8);3H,1-2H3;1H3;2*1H;/q;;;;;;;-1;;;+2/p-1. The summed E-state index contributed by atoms with van der Waals surface area (Å²) in [5.41, 5.74) is 13.2. The average Bonchev–Trinajstić information content (AvgIpc) is 1.62. The zero-order chi connectivity index (χ0) is 70.0. The number of anilines is 1. The van der Waals surface area contributed by atoms with Gasteiger partial charge in [0.05, 0.1) is 72.3 Å². The molecule has 0 saturated heterocycles. The first-order valence-electron chi connectivity index (χ1n) is 30.9. The molecule has 0 bridgehead atoms. The largest absolute Gasteiger partial charge is 2.00 e. The predicted molar refractivity (Wildman–Crippen MR) is 368 cm³/mol. The maximum Gasteiger partial charge on any atom is 2.00 e.